The van der Waals surface area contributed by atoms with Gasteiger partial charge < -0.3 is 5.11 Å². The van der Waals surface area contributed by atoms with Crippen LogP contribution in [0.4, 0.5) is 5.69 Å². The fraction of sp³-hybridized carbons (Fsp3) is 0.250. The minimum Gasteiger partial charge on any atom is -0.481 e. The predicted molar refractivity (Wildman–Crippen MR) is 75.6 cm³/mol. The quantitative estimate of drug-likeness (QED) is 0.784. The van der Waals surface area contributed by atoms with Crippen molar-refractivity contribution >= 4 is 21.7 Å². The molecule has 2 N–H and O–H groups in total. The van der Waals surface area contributed by atoms with Gasteiger partial charge in [-0.1, -0.05) is 0 Å². The summed E-state index contributed by atoms with van der Waals surface area (Å²) >= 11 is 0. The van der Waals surface area contributed by atoms with Gasteiger partial charge in [0.05, 0.1) is 17.6 Å². The second-order valence-electron chi connectivity index (χ2n) is 4.29. The molecular weight excluding hydrogens is 296 g/mol. The van der Waals surface area contributed by atoms with Crippen LogP contribution in [0.1, 0.15) is 12.8 Å². The zero-order chi connectivity index (χ0) is 15.3. The number of hydrogen-bond donors (Lipinski definition) is 2. The topological polar surface area (TPSA) is 114 Å². The molecule has 0 unspecified atom stereocenters. The molecule has 2 heterocycles. The number of carboxylic acid groups (broad SMARTS) is 1. The summed E-state index contributed by atoms with van der Waals surface area (Å²) in [7, 11) is -3.57. The van der Waals surface area contributed by atoms with Gasteiger partial charge in [-0.3, -0.25) is 14.1 Å². The summed E-state index contributed by atoms with van der Waals surface area (Å²) in [5.74, 6) is -0.652. The average Bonchev–Trinajstić information content (AvgIpc) is 2.92. The molecule has 0 spiro atoms. The molecule has 0 aliphatic rings. The van der Waals surface area contributed by atoms with Crippen molar-refractivity contribution in [3.05, 3.63) is 37.1 Å². The SMILES string of the molecule is O=C(O)CCCS(=O)(=O)Nc1ccc(-n2ccnc2)nc1. The Morgan fingerprint density at radius 3 is 2.76 bits per heavy atom. The highest BCUT2D eigenvalue weighted by Gasteiger charge is 2.11. The third-order valence-corrected chi connectivity index (χ3v) is 3.97. The molecule has 0 radical (unpaired) electrons. The lowest BCUT2D eigenvalue weighted by Gasteiger charge is -2.08. The molecule has 2 aromatic heterocycles. The molecule has 0 amide bonds. The number of sulfonamides is 1. The van der Waals surface area contributed by atoms with Gasteiger partial charge in [0.2, 0.25) is 10.0 Å². The van der Waals surface area contributed by atoms with E-state index in [4.69, 9.17) is 5.11 Å². The van der Waals surface area contributed by atoms with Crippen molar-refractivity contribution in [2.75, 3.05) is 10.5 Å². The molecule has 0 bridgehead atoms. The number of pyridine rings is 1. The Morgan fingerprint density at radius 2 is 2.19 bits per heavy atom. The summed E-state index contributed by atoms with van der Waals surface area (Å²) < 4.78 is 27.5. The monoisotopic (exact) mass is 310 g/mol. The minimum absolute atomic E-state index is 0.0607. The molecule has 0 fully saturated rings. The second-order valence-corrected chi connectivity index (χ2v) is 6.14. The highest BCUT2D eigenvalue weighted by molar-refractivity contribution is 7.92. The van der Waals surface area contributed by atoms with Crippen LogP contribution in [0.5, 0.6) is 0 Å². The lowest BCUT2D eigenvalue weighted by Crippen LogP contribution is -2.17. The Labute approximate surface area is 121 Å². The molecule has 0 saturated carbocycles. The number of nitrogens with zero attached hydrogens (tertiary/aromatic N) is 3. The third-order valence-electron chi connectivity index (χ3n) is 2.59. The van der Waals surface area contributed by atoms with Crippen LogP contribution < -0.4 is 4.72 Å². The number of hydrogen-bond acceptors (Lipinski definition) is 5. The van der Waals surface area contributed by atoms with Crippen molar-refractivity contribution in [1.82, 2.24) is 14.5 Å². The molecular formula is C12H14N4O4S. The summed E-state index contributed by atoms with van der Waals surface area (Å²) in [6.45, 7) is 0. The first kappa shape index (κ1) is 15.0. The standard InChI is InChI=1S/C12H14N4O4S/c17-12(18)2-1-7-21(19,20)15-10-3-4-11(14-8-10)16-6-5-13-9-16/h3-6,8-9,15H,1-2,7H2,(H,17,18). The number of aromatic nitrogens is 3. The number of anilines is 1. The smallest absolute Gasteiger partial charge is 0.303 e. The largest absolute Gasteiger partial charge is 0.481 e. The molecule has 9 heteroatoms. The van der Waals surface area contributed by atoms with Gasteiger partial charge in [0.1, 0.15) is 12.1 Å². The van der Waals surface area contributed by atoms with Crippen LogP contribution in [0, 0.1) is 0 Å². The molecule has 0 aliphatic heterocycles. The normalized spacial score (nSPS) is 11.2. The van der Waals surface area contributed by atoms with E-state index in [1.807, 2.05) is 0 Å². The fourth-order valence-corrected chi connectivity index (χ4v) is 2.74. The van der Waals surface area contributed by atoms with Crippen LogP contribution in [0.25, 0.3) is 5.82 Å². The van der Waals surface area contributed by atoms with Gasteiger partial charge in [-0.15, -0.1) is 0 Å². The van der Waals surface area contributed by atoms with E-state index >= 15 is 0 Å². The van der Waals surface area contributed by atoms with E-state index < -0.39 is 16.0 Å². The van der Waals surface area contributed by atoms with E-state index in [9.17, 15) is 13.2 Å². The number of rotatable bonds is 7. The molecule has 0 atom stereocenters. The van der Waals surface area contributed by atoms with E-state index in [2.05, 4.69) is 14.7 Å². The van der Waals surface area contributed by atoms with Crippen LogP contribution in [0.2, 0.25) is 0 Å². The number of carboxylic acids is 1. The number of aliphatic carboxylic acids is 1. The van der Waals surface area contributed by atoms with E-state index in [0.717, 1.165) is 0 Å². The summed E-state index contributed by atoms with van der Waals surface area (Å²) in [4.78, 5) is 18.4. The Morgan fingerprint density at radius 1 is 1.38 bits per heavy atom. The molecule has 0 saturated heterocycles. The number of nitrogens with one attached hydrogen (secondary N) is 1. The maximum atomic E-state index is 11.7. The third kappa shape index (κ3) is 4.56. The van der Waals surface area contributed by atoms with Gasteiger partial charge >= 0.3 is 5.97 Å². The molecule has 2 aromatic rings. The predicted octanol–water partition coefficient (Wildman–Crippen LogP) is 0.874. The van der Waals surface area contributed by atoms with Crippen LogP contribution in [0.3, 0.4) is 0 Å². The average molecular weight is 310 g/mol. The second kappa shape index (κ2) is 6.35. The van der Waals surface area contributed by atoms with E-state index in [0.29, 0.717) is 11.5 Å². The lowest BCUT2D eigenvalue weighted by atomic mass is 10.3. The molecule has 0 aliphatic carbocycles. The van der Waals surface area contributed by atoms with Gasteiger partial charge in [0.25, 0.3) is 0 Å². The Hall–Kier alpha value is -2.42. The summed E-state index contributed by atoms with van der Waals surface area (Å²) in [5, 5.41) is 8.49. The van der Waals surface area contributed by atoms with E-state index in [-0.39, 0.29) is 18.6 Å². The van der Waals surface area contributed by atoms with Crippen LogP contribution in [-0.2, 0) is 14.8 Å². The molecule has 0 aromatic carbocycles. The molecule has 21 heavy (non-hydrogen) atoms. The Bertz CT molecular complexity index is 695. The van der Waals surface area contributed by atoms with Crippen molar-refractivity contribution in [3.63, 3.8) is 0 Å². The minimum atomic E-state index is -3.57. The van der Waals surface area contributed by atoms with E-state index in [1.54, 1.807) is 35.4 Å². The summed E-state index contributed by atoms with van der Waals surface area (Å²) in [5.41, 5.74) is 0.328. The maximum Gasteiger partial charge on any atom is 0.303 e. The van der Waals surface area contributed by atoms with Crippen LogP contribution in [0.15, 0.2) is 37.1 Å². The first-order valence-corrected chi connectivity index (χ1v) is 7.78. The van der Waals surface area contributed by atoms with Crippen LogP contribution in [-0.4, -0.2) is 39.8 Å². The Balaban J connectivity index is 1.98. The first-order chi connectivity index (χ1) is 9.96. The number of carbonyl (C=O) groups is 1. The zero-order valence-corrected chi connectivity index (χ0v) is 11.8. The van der Waals surface area contributed by atoms with Crippen molar-refractivity contribution in [2.24, 2.45) is 0 Å². The zero-order valence-electron chi connectivity index (χ0n) is 11.0. The van der Waals surface area contributed by atoms with Crippen molar-refractivity contribution in [1.29, 1.82) is 0 Å². The van der Waals surface area contributed by atoms with Gasteiger partial charge in [-0.25, -0.2) is 18.4 Å². The summed E-state index contributed by atoms with van der Waals surface area (Å²) in [6, 6.07) is 3.23. The molecule has 2 rings (SSSR count). The van der Waals surface area contributed by atoms with E-state index in [1.165, 1.54) is 6.20 Å². The lowest BCUT2D eigenvalue weighted by molar-refractivity contribution is -0.137. The first-order valence-electron chi connectivity index (χ1n) is 6.13. The van der Waals surface area contributed by atoms with Crippen molar-refractivity contribution in [2.45, 2.75) is 12.8 Å². The maximum absolute atomic E-state index is 11.7. The molecule has 112 valence electrons. The fourth-order valence-electron chi connectivity index (χ4n) is 1.64. The van der Waals surface area contributed by atoms with Gasteiger partial charge in [-0.2, -0.15) is 0 Å². The Kier molecular flexibility index (Phi) is 4.53. The highest BCUT2D eigenvalue weighted by atomic mass is 32.2. The summed E-state index contributed by atoms with van der Waals surface area (Å²) in [6.07, 6.45) is 6.19. The van der Waals surface area contributed by atoms with Crippen molar-refractivity contribution < 1.29 is 18.3 Å². The van der Waals surface area contributed by atoms with Gasteiger partial charge in [0.15, 0.2) is 0 Å². The molecule has 8 nitrogen and oxygen atoms in total. The van der Waals surface area contributed by atoms with Crippen LogP contribution >= 0.6 is 0 Å². The van der Waals surface area contributed by atoms with Crippen molar-refractivity contribution in [3.8, 4) is 5.82 Å². The number of imidazole rings is 1. The van der Waals surface area contributed by atoms with Gasteiger partial charge in [-0.05, 0) is 18.6 Å². The highest BCUT2D eigenvalue weighted by Crippen LogP contribution is 2.12. The van der Waals surface area contributed by atoms with Gasteiger partial charge in [0, 0.05) is 18.8 Å².